The molecular formula is C22H26N2O3S. The summed E-state index contributed by atoms with van der Waals surface area (Å²) >= 11 is 0. The van der Waals surface area contributed by atoms with Crippen molar-refractivity contribution < 1.29 is 13.2 Å². The first-order chi connectivity index (χ1) is 13.1. The van der Waals surface area contributed by atoms with Gasteiger partial charge in [-0.15, -0.1) is 0 Å². The molecule has 0 bridgehead atoms. The predicted molar refractivity (Wildman–Crippen MR) is 111 cm³/mol. The highest BCUT2D eigenvalue weighted by Crippen LogP contribution is 2.32. The first-order valence-electron chi connectivity index (χ1n) is 9.08. The van der Waals surface area contributed by atoms with Gasteiger partial charge < -0.3 is 9.30 Å². The largest absolute Gasteiger partial charge is 0.496 e. The number of aryl methyl sites for hydroxylation is 1. The van der Waals surface area contributed by atoms with Crippen LogP contribution in [-0.4, -0.2) is 25.1 Å². The third-order valence-electron chi connectivity index (χ3n) is 4.85. The van der Waals surface area contributed by atoms with Gasteiger partial charge in [0, 0.05) is 7.05 Å². The molecule has 6 heteroatoms. The van der Waals surface area contributed by atoms with E-state index >= 15 is 0 Å². The van der Waals surface area contributed by atoms with E-state index in [2.05, 4.69) is 25.8 Å². The van der Waals surface area contributed by atoms with Crippen LogP contribution >= 0.6 is 0 Å². The van der Waals surface area contributed by atoms with Crippen molar-refractivity contribution in [1.29, 1.82) is 0 Å². The average Bonchev–Trinajstić information content (AvgIpc) is 3.03. The van der Waals surface area contributed by atoms with Gasteiger partial charge in [0.25, 0.3) is 0 Å². The Morgan fingerprint density at radius 1 is 1.04 bits per heavy atom. The Bertz CT molecular complexity index is 1110. The molecule has 0 amide bonds. The SMILES string of the molecule is COc1ccc(C)cc1-c1ncc(S(=O)(=O)c2ccc(C(C)(C)C)cc2)n1C. The average molecular weight is 399 g/mol. The number of imidazole rings is 1. The summed E-state index contributed by atoms with van der Waals surface area (Å²) in [5.41, 5.74) is 2.85. The van der Waals surface area contributed by atoms with Gasteiger partial charge in [0.15, 0.2) is 5.03 Å². The third kappa shape index (κ3) is 3.56. The minimum absolute atomic E-state index is 0.0380. The smallest absolute Gasteiger partial charge is 0.223 e. The molecule has 3 aromatic rings. The van der Waals surface area contributed by atoms with Crippen LogP contribution in [0.25, 0.3) is 11.4 Å². The molecule has 5 nitrogen and oxygen atoms in total. The summed E-state index contributed by atoms with van der Waals surface area (Å²) in [6.07, 6.45) is 1.41. The third-order valence-corrected chi connectivity index (χ3v) is 6.67. The van der Waals surface area contributed by atoms with Gasteiger partial charge in [-0.25, -0.2) is 13.4 Å². The van der Waals surface area contributed by atoms with E-state index in [-0.39, 0.29) is 15.3 Å². The number of hydrogen-bond acceptors (Lipinski definition) is 4. The fraction of sp³-hybridized carbons (Fsp3) is 0.318. The fourth-order valence-electron chi connectivity index (χ4n) is 3.15. The van der Waals surface area contributed by atoms with Crippen LogP contribution in [0, 0.1) is 6.92 Å². The number of nitrogens with zero attached hydrogens (tertiary/aromatic N) is 2. The van der Waals surface area contributed by atoms with Crippen molar-refractivity contribution >= 4 is 9.84 Å². The highest BCUT2D eigenvalue weighted by molar-refractivity contribution is 7.91. The van der Waals surface area contributed by atoms with E-state index in [9.17, 15) is 8.42 Å². The van der Waals surface area contributed by atoms with Crippen LogP contribution in [-0.2, 0) is 22.3 Å². The minimum Gasteiger partial charge on any atom is -0.496 e. The minimum atomic E-state index is -3.69. The van der Waals surface area contributed by atoms with Gasteiger partial charge in [0.05, 0.1) is 23.8 Å². The lowest BCUT2D eigenvalue weighted by molar-refractivity contribution is 0.416. The zero-order valence-corrected chi connectivity index (χ0v) is 18.0. The molecule has 0 unspecified atom stereocenters. The maximum absolute atomic E-state index is 13.2. The summed E-state index contributed by atoms with van der Waals surface area (Å²) in [7, 11) is -0.391. The molecule has 28 heavy (non-hydrogen) atoms. The van der Waals surface area contributed by atoms with E-state index in [4.69, 9.17) is 4.74 Å². The summed E-state index contributed by atoms with van der Waals surface area (Å²) < 4.78 is 33.4. The fourth-order valence-corrected chi connectivity index (χ4v) is 4.52. The highest BCUT2D eigenvalue weighted by atomic mass is 32.2. The number of methoxy groups -OCH3 is 1. The van der Waals surface area contributed by atoms with E-state index in [1.807, 2.05) is 37.3 Å². The molecule has 2 aromatic carbocycles. The van der Waals surface area contributed by atoms with Gasteiger partial charge in [-0.05, 0) is 42.2 Å². The van der Waals surface area contributed by atoms with Crippen LogP contribution < -0.4 is 4.74 Å². The summed E-state index contributed by atoms with van der Waals surface area (Å²) in [4.78, 5) is 4.64. The zero-order chi connectivity index (χ0) is 20.7. The molecule has 0 radical (unpaired) electrons. The van der Waals surface area contributed by atoms with Crippen molar-refractivity contribution in [3.8, 4) is 17.1 Å². The number of aromatic nitrogens is 2. The Hall–Kier alpha value is -2.60. The van der Waals surface area contributed by atoms with Gasteiger partial charge in [-0.3, -0.25) is 0 Å². The number of sulfone groups is 1. The van der Waals surface area contributed by atoms with Gasteiger partial charge in [0.2, 0.25) is 9.84 Å². The summed E-state index contributed by atoms with van der Waals surface area (Å²) in [5.74, 6) is 1.20. The van der Waals surface area contributed by atoms with Crippen LogP contribution in [0.5, 0.6) is 5.75 Å². The lowest BCUT2D eigenvalue weighted by Gasteiger charge is -2.19. The second-order valence-corrected chi connectivity index (χ2v) is 9.86. The number of ether oxygens (including phenoxy) is 1. The van der Waals surface area contributed by atoms with E-state index in [1.165, 1.54) is 6.20 Å². The molecule has 0 N–H and O–H groups in total. The first-order valence-corrected chi connectivity index (χ1v) is 10.6. The summed E-state index contributed by atoms with van der Waals surface area (Å²) in [6.45, 7) is 8.26. The molecule has 1 aromatic heterocycles. The molecule has 1 heterocycles. The van der Waals surface area contributed by atoms with Crippen molar-refractivity contribution in [2.45, 2.75) is 43.0 Å². The van der Waals surface area contributed by atoms with Gasteiger partial charge in [-0.1, -0.05) is 44.5 Å². The lowest BCUT2D eigenvalue weighted by atomic mass is 9.87. The maximum Gasteiger partial charge on any atom is 0.223 e. The number of rotatable bonds is 4. The number of hydrogen-bond donors (Lipinski definition) is 0. The molecule has 148 valence electrons. The van der Waals surface area contributed by atoms with E-state index in [1.54, 1.807) is 30.9 Å². The van der Waals surface area contributed by atoms with E-state index in [0.29, 0.717) is 11.6 Å². The van der Waals surface area contributed by atoms with Gasteiger partial charge >= 0.3 is 0 Å². The van der Waals surface area contributed by atoms with Crippen LogP contribution in [0.2, 0.25) is 0 Å². The lowest BCUT2D eigenvalue weighted by Crippen LogP contribution is -2.12. The molecule has 0 saturated carbocycles. The van der Waals surface area contributed by atoms with Crippen LogP contribution in [0.4, 0.5) is 0 Å². The van der Waals surface area contributed by atoms with Crippen molar-refractivity contribution in [3.05, 3.63) is 59.8 Å². The van der Waals surface area contributed by atoms with Crippen LogP contribution in [0.15, 0.2) is 58.6 Å². The second-order valence-electron chi connectivity index (χ2n) is 7.96. The molecule has 0 aliphatic heterocycles. The van der Waals surface area contributed by atoms with E-state index in [0.717, 1.165) is 16.7 Å². The van der Waals surface area contributed by atoms with Crippen molar-refractivity contribution in [2.24, 2.45) is 7.05 Å². The van der Waals surface area contributed by atoms with Crippen molar-refractivity contribution in [1.82, 2.24) is 9.55 Å². The van der Waals surface area contributed by atoms with E-state index < -0.39 is 9.84 Å². The quantitative estimate of drug-likeness (QED) is 0.648. The predicted octanol–water partition coefficient (Wildman–Crippen LogP) is 4.53. The van der Waals surface area contributed by atoms with Gasteiger partial charge in [-0.2, -0.15) is 0 Å². The first kappa shape index (κ1) is 20.1. The van der Waals surface area contributed by atoms with Crippen LogP contribution in [0.1, 0.15) is 31.9 Å². The monoisotopic (exact) mass is 398 g/mol. The molecule has 0 atom stereocenters. The molecular weight excluding hydrogens is 372 g/mol. The molecule has 0 spiro atoms. The second kappa shape index (κ2) is 7.09. The Morgan fingerprint density at radius 2 is 1.68 bits per heavy atom. The maximum atomic E-state index is 13.2. The van der Waals surface area contributed by atoms with Crippen LogP contribution in [0.3, 0.4) is 0 Å². The molecule has 3 rings (SSSR count). The molecule has 0 aliphatic carbocycles. The summed E-state index contributed by atoms with van der Waals surface area (Å²) in [5, 5.41) is 0.148. The topological polar surface area (TPSA) is 61.2 Å². The highest BCUT2D eigenvalue weighted by Gasteiger charge is 2.25. The molecule has 0 fully saturated rings. The van der Waals surface area contributed by atoms with Crippen molar-refractivity contribution in [2.75, 3.05) is 7.11 Å². The summed E-state index contributed by atoms with van der Waals surface area (Å²) in [6, 6.07) is 12.8. The Kier molecular flexibility index (Phi) is 5.10. The normalized spacial score (nSPS) is 12.2. The zero-order valence-electron chi connectivity index (χ0n) is 17.1. The van der Waals surface area contributed by atoms with Gasteiger partial charge in [0.1, 0.15) is 11.6 Å². The Labute approximate surface area is 166 Å². The molecule has 0 saturated heterocycles. The Morgan fingerprint density at radius 3 is 2.25 bits per heavy atom. The van der Waals surface area contributed by atoms with Crippen molar-refractivity contribution in [3.63, 3.8) is 0 Å². The standard InChI is InChI=1S/C22H26N2O3S/c1-15-7-12-19(27-6)18(13-15)21-23-14-20(24(21)5)28(25,26)17-10-8-16(9-11-17)22(2,3)4/h7-14H,1-6H3. The Balaban J connectivity index is 2.07. The molecule has 0 aliphatic rings. The number of benzene rings is 2.